The summed E-state index contributed by atoms with van der Waals surface area (Å²) in [5.74, 6) is -0.557. The summed E-state index contributed by atoms with van der Waals surface area (Å²) in [6, 6.07) is 1.87. The molecule has 6 nitrogen and oxygen atoms in total. The highest BCUT2D eigenvalue weighted by molar-refractivity contribution is 5.96. The number of aryl methyl sites for hydroxylation is 1. The van der Waals surface area contributed by atoms with Crippen LogP contribution >= 0.6 is 0 Å². The molecule has 1 aliphatic rings. The van der Waals surface area contributed by atoms with Crippen LogP contribution in [0.4, 0.5) is 5.69 Å². The van der Waals surface area contributed by atoms with E-state index in [0.717, 1.165) is 28.1 Å². The van der Waals surface area contributed by atoms with Gasteiger partial charge in [0.15, 0.2) is 6.10 Å². The summed E-state index contributed by atoms with van der Waals surface area (Å²) in [5, 5.41) is 11.8. The molecule has 1 aromatic rings. The first kappa shape index (κ1) is 16.3. The minimum absolute atomic E-state index is 0.306. The van der Waals surface area contributed by atoms with Crippen LogP contribution in [0.2, 0.25) is 0 Å². The highest BCUT2D eigenvalue weighted by Crippen LogP contribution is 2.32. The van der Waals surface area contributed by atoms with Crippen LogP contribution in [0, 0.1) is 20.8 Å². The zero-order chi connectivity index (χ0) is 16.4. The van der Waals surface area contributed by atoms with Crippen LogP contribution < -0.4 is 10.1 Å². The lowest BCUT2D eigenvalue weighted by Gasteiger charge is -2.18. The second kappa shape index (κ2) is 6.36. The average molecular weight is 307 g/mol. The van der Waals surface area contributed by atoms with Crippen molar-refractivity contribution in [1.82, 2.24) is 0 Å². The van der Waals surface area contributed by atoms with Crippen LogP contribution in [0.15, 0.2) is 6.07 Å². The molecule has 0 unspecified atom stereocenters. The molecule has 0 saturated carbocycles. The molecule has 1 aliphatic heterocycles. The van der Waals surface area contributed by atoms with E-state index in [2.05, 4.69) is 5.32 Å². The van der Waals surface area contributed by atoms with Crippen LogP contribution in [-0.2, 0) is 14.3 Å². The molecular weight excluding hydrogens is 286 g/mol. The van der Waals surface area contributed by atoms with E-state index in [9.17, 15) is 9.59 Å². The standard InChI is InChI=1S/C16H21NO5/c1-8-7-13(21-4)9(2)10(3)14(8)17-15(18)11-5-6-12(22-11)16(19)20/h7,11-12H,5-6H2,1-4H3,(H,17,18)(H,19,20)/t11-,12+/m0/s1. The van der Waals surface area contributed by atoms with Gasteiger partial charge in [0.05, 0.1) is 7.11 Å². The van der Waals surface area contributed by atoms with Crippen molar-refractivity contribution in [2.24, 2.45) is 0 Å². The summed E-state index contributed by atoms with van der Waals surface area (Å²) < 4.78 is 10.6. The maximum Gasteiger partial charge on any atom is 0.332 e. The monoisotopic (exact) mass is 307 g/mol. The SMILES string of the molecule is COc1cc(C)c(NC(=O)[C@@H]2CC[C@H](C(=O)O)O2)c(C)c1C. The first-order valence-electron chi connectivity index (χ1n) is 7.19. The quantitative estimate of drug-likeness (QED) is 0.890. The Hall–Kier alpha value is -2.08. The molecule has 0 radical (unpaired) electrons. The van der Waals surface area contributed by atoms with Gasteiger partial charge in [0, 0.05) is 5.69 Å². The Kier molecular flexibility index (Phi) is 4.71. The van der Waals surface area contributed by atoms with Crippen molar-refractivity contribution in [2.45, 2.75) is 45.8 Å². The third-order valence-corrected chi connectivity index (χ3v) is 4.10. The third kappa shape index (κ3) is 3.06. The average Bonchev–Trinajstić information content (AvgIpc) is 2.97. The zero-order valence-corrected chi connectivity index (χ0v) is 13.2. The number of methoxy groups -OCH3 is 1. The summed E-state index contributed by atoms with van der Waals surface area (Å²) in [5.41, 5.74) is 3.50. The minimum atomic E-state index is -1.03. The Morgan fingerprint density at radius 2 is 1.86 bits per heavy atom. The smallest absolute Gasteiger partial charge is 0.332 e. The van der Waals surface area contributed by atoms with Crippen molar-refractivity contribution in [3.8, 4) is 5.75 Å². The van der Waals surface area contributed by atoms with Crippen molar-refractivity contribution in [2.75, 3.05) is 12.4 Å². The van der Waals surface area contributed by atoms with Crippen molar-refractivity contribution in [3.63, 3.8) is 0 Å². The molecule has 0 spiro atoms. The van der Waals surface area contributed by atoms with Gasteiger partial charge in [0.1, 0.15) is 11.9 Å². The van der Waals surface area contributed by atoms with Gasteiger partial charge in [-0.3, -0.25) is 4.79 Å². The number of nitrogens with one attached hydrogen (secondary N) is 1. The normalized spacial score (nSPS) is 20.7. The van der Waals surface area contributed by atoms with E-state index in [0.29, 0.717) is 12.8 Å². The third-order valence-electron chi connectivity index (χ3n) is 4.10. The number of amides is 1. The van der Waals surface area contributed by atoms with Crippen LogP contribution in [-0.4, -0.2) is 36.3 Å². The number of hydrogen-bond acceptors (Lipinski definition) is 4. The minimum Gasteiger partial charge on any atom is -0.496 e. The Balaban J connectivity index is 2.16. The predicted molar refractivity (Wildman–Crippen MR) is 81.4 cm³/mol. The molecule has 0 aliphatic carbocycles. The number of carbonyl (C=O) groups excluding carboxylic acids is 1. The molecule has 1 amide bonds. The van der Waals surface area contributed by atoms with E-state index >= 15 is 0 Å². The van der Waals surface area contributed by atoms with Gasteiger partial charge in [-0.1, -0.05) is 0 Å². The molecule has 1 saturated heterocycles. The van der Waals surface area contributed by atoms with Gasteiger partial charge in [0.2, 0.25) is 0 Å². The zero-order valence-electron chi connectivity index (χ0n) is 13.2. The molecule has 1 aromatic carbocycles. The molecule has 2 N–H and O–H groups in total. The van der Waals surface area contributed by atoms with Crippen molar-refractivity contribution in [3.05, 3.63) is 22.8 Å². The molecule has 0 bridgehead atoms. The fourth-order valence-corrected chi connectivity index (χ4v) is 2.66. The number of aliphatic carboxylic acids is 1. The summed E-state index contributed by atoms with van der Waals surface area (Å²) in [7, 11) is 1.61. The van der Waals surface area contributed by atoms with Gasteiger partial charge >= 0.3 is 5.97 Å². The fourth-order valence-electron chi connectivity index (χ4n) is 2.66. The molecular formula is C16H21NO5. The Labute approximate surface area is 129 Å². The van der Waals surface area contributed by atoms with Crippen LogP contribution in [0.1, 0.15) is 29.5 Å². The van der Waals surface area contributed by atoms with E-state index in [1.807, 2.05) is 26.8 Å². The lowest BCUT2D eigenvalue weighted by molar-refractivity contribution is -0.150. The van der Waals surface area contributed by atoms with E-state index in [-0.39, 0.29) is 5.91 Å². The molecule has 2 rings (SSSR count). The van der Waals surface area contributed by atoms with Gasteiger partial charge in [0.25, 0.3) is 5.91 Å². The van der Waals surface area contributed by atoms with Crippen molar-refractivity contribution in [1.29, 1.82) is 0 Å². The second-order valence-corrected chi connectivity index (χ2v) is 5.54. The number of carbonyl (C=O) groups is 2. The Bertz CT molecular complexity index is 611. The number of hydrogen-bond donors (Lipinski definition) is 2. The molecule has 1 heterocycles. The molecule has 0 aromatic heterocycles. The van der Waals surface area contributed by atoms with E-state index in [1.165, 1.54) is 0 Å². The Morgan fingerprint density at radius 1 is 1.23 bits per heavy atom. The number of rotatable bonds is 4. The molecule has 2 atom stereocenters. The molecule has 1 fully saturated rings. The fraction of sp³-hybridized carbons (Fsp3) is 0.500. The first-order valence-corrected chi connectivity index (χ1v) is 7.19. The Morgan fingerprint density at radius 3 is 2.41 bits per heavy atom. The van der Waals surface area contributed by atoms with Gasteiger partial charge in [-0.2, -0.15) is 0 Å². The molecule has 6 heteroatoms. The lowest BCUT2D eigenvalue weighted by atomic mass is 10.0. The van der Waals surface area contributed by atoms with Gasteiger partial charge in [-0.25, -0.2) is 4.79 Å². The topological polar surface area (TPSA) is 84.9 Å². The lowest BCUT2D eigenvalue weighted by Crippen LogP contribution is -2.30. The predicted octanol–water partition coefficient (Wildman–Crippen LogP) is 2.19. The number of carboxylic acids is 1. The highest BCUT2D eigenvalue weighted by atomic mass is 16.5. The van der Waals surface area contributed by atoms with Gasteiger partial charge in [-0.15, -0.1) is 0 Å². The van der Waals surface area contributed by atoms with E-state index in [4.69, 9.17) is 14.6 Å². The number of benzene rings is 1. The molecule has 22 heavy (non-hydrogen) atoms. The van der Waals surface area contributed by atoms with Crippen LogP contribution in [0.5, 0.6) is 5.75 Å². The maximum absolute atomic E-state index is 12.3. The number of ether oxygens (including phenoxy) is 2. The summed E-state index contributed by atoms with van der Waals surface area (Å²) >= 11 is 0. The van der Waals surface area contributed by atoms with Crippen LogP contribution in [0.3, 0.4) is 0 Å². The second-order valence-electron chi connectivity index (χ2n) is 5.54. The largest absolute Gasteiger partial charge is 0.496 e. The number of carboxylic acid groups (broad SMARTS) is 1. The number of anilines is 1. The van der Waals surface area contributed by atoms with Crippen molar-refractivity contribution >= 4 is 17.6 Å². The van der Waals surface area contributed by atoms with Crippen molar-refractivity contribution < 1.29 is 24.2 Å². The summed E-state index contributed by atoms with van der Waals surface area (Å²) in [6.07, 6.45) is -0.846. The van der Waals surface area contributed by atoms with Gasteiger partial charge in [-0.05, 0) is 56.4 Å². The summed E-state index contributed by atoms with van der Waals surface area (Å²) in [6.45, 7) is 5.73. The highest BCUT2D eigenvalue weighted by Gasteiger charge is 2.35. The maximum atomic E-state index is 12.3. The molecule has 120 valence electrons. The van der Waals surface area contributed by atoms with E-state index in [1.54, 1.807) is 7.11 Å². The summed E-state index contributed by atoms with van der Waals surface area (Å²) in [4.78, 5) is 23.2. The van der Waals surface area contributed by atoms with Gasteiger partial charge < -0.3 is 19.9 Å². The first-order chi connectivity index (χ1) is 10.3. The van der Waals surface area contributed by atoms with E-state index < -0.39 is 18.2 Å². The van der Waals surface area contributed by atoms with Crippen LogP contribution in [0.25, 0.3) is 0 Å².